The molecule has 122 valence electrons. The summed E-state index contributed by atoms with van der Waals surface area (Å²) in [6, 6.07) is 12.0. The molecule has 0 spiro atoms. The largest absolute Gasteiger partial charge is 0.390 e. The van der Waals surface area contributed by atoms with Crippen LogP contribution in [0.5, 0.6) is 0 Å². The molecular weight excluding hydrogens is 270 g/mol. The molecule has 2 heterocycles. The van der Waals surface area contributed by atoms with Gasteiger partial charge in [0.25, 0.3) is 0 Å². The minimum atomic E-state index is -0.407. The van der Waals surface area contributed by atoms with Crippen LogP contribution in [-0.4, -0.2) is 27.7 Å². The molecule has 2 aliphatic heterocycles. The van der Waals surface area contributed by atoms with Gasteiger partial charge in [0.1, 0.15) is 0 Å². The zero-order chi connectivity index (χ0) is 15.6. The number of nitrogens with zero attached hydrogens (tertiary/aromatic N) is 1. The van der Waals surface area contributed by atoms with Crippen LogP contribution in [0.1, 0.15) is 64.4 Å². The number of piperidine rings is 1. The Labute approximate surface area is 135 Å². The predicted octanol–water partition coefficient (Wildman–Crippen LogP) is 4.37. The van der Waals surface area contributed by atoms with Crippen molar-refractivity contribution < 1.29 is 5.11 Å². The lowest BCUT2D eigenvalue weighted by Crippen LogP contribution is -2.51. The summed E-state index contributed by atoms with van der Waals surface area (Å²) < 4.78 is 0. The van der Waals surface area contributed by atoms with Gasteiger partial charge in [-0.25, -0.2) is 0 Å². The number of hydrogen-bond donors (Lipinski definition) is 1. The van der Waals surface area contributed by atoms with Gasteiger partial charge in [-0.2, -0.15) is 0 Å². The molecule has 3 rings (SSSR count). The van der Waals surface area contributed by atoms with E-state index in [2.05, 4.69) is 49.1 Å². The fourth-order valence-corrected chi connectivity index (χ4v) is 4.75. The molecular formula is C20H31NO. The van der Waals surface area contributed by atoms with Gasteiger partial charge in [-0.1, -0.05) is 57.0 Å². The Bertz CT molecular complexity index is 454. The number of hydrogen-bond acceptors (Lipinski definition) is 2. The summed E-state index contributed by atoms with van der Waals surface area (Å²) in [6.45, 7) is 5.57. The van der Waals surface area contributed by atoms with Gasteiger partial charge in [0, 0.05) is 18.6 Å². The summed E-state index contributed by atoms with van der Waals surface area (Å²) in [4.78, 5) is 2.66. The number of aliphatic hydroxyl groups is 1. The Morgan fingerprint density at radius 2 is 1.68 bits per heavy atom. The van der Waals surface area contributed by atoms with E-state index in [1.54, 1.807) is 0 Å². The first-order valence-corrected chi connectivity index (χ1v) is 9.15. The van der Waals surface area contributed by atoms with E-state index in [9.17, 15) is 5.11 Å². The first kappa shape index (κ1) is 16.0. The molecule has 0 saturated carbocycles. The molecule has 0 amide bonds. The molecule has 1 aromatic carbocycles. The van der Waals surface area contributed by atoms with E-state index in [-0.39, 0.29) is 0 Å². The smallest absolute Gasteiger partial charge is 0.0680 e. The molecule has 0 radical (unpaired) electrons. The van der Waals surface area contributed by atoms with E-state index in [1.165, 1.54) is 31.2 Å². The highest BCUT2D eigenvalue weighted by atomic mass is 16.3. The molecule has 2 bridgehead atoms. The van der Waals surface area contributed by atoms with E-state index in [4.69, 9.17) is 0 Å². The maximum absolute atomic E-state index is 11.1. The number of fused-ring (bicyclic) bond motifs is 2. The molecule has 2 atom stereocenters. The Morgan fingerprint density at radius 1 is 1.09 bits per heavy atom. The summed E-state index contributed by atoms with van der Waals surface area (Å²) in [5.41, 5.74) is 1.00. The molecule has 1 aromatic rings. The van der Waals surface area contributed by atoms with Crippen molar-refractivity contribution >= 4 is 0 Å². The summed E-state index contributed by atoms with van der Waals surface area (Å²) in [6.07, 6.45) is 7.89. The van der Waals surface area contributed by atoms with Crippen molar-refractivity contribution in [2.75, 3.05) is 0 Å². The van der Waals surface area contributed by atoms with E-state index in [0.717, 1.165) is 25.8 Å². The van der Waals surface area contributed by atoms with Crippen LogP contribution in [-0.2, 0) is 6.54 Å². The molecule has 2 fully saturated rings. The maximum atomic E-state index is 11.1. The Balaban J connectivity index is 1.66. The normalized spacial score (nSPS) is 31.8. The van der Waals surface area contributed by atoms with Crippen molar-refractivity contribution in [3.05, 3.63) is 35.9 Å². The highest BCUT2D eigenvalue weighted by molar-refractivity contribution is 5.16. The molecule has 1 N–H and O–H groups in total. The van der Waals surface area contributed by atoms with Crippen LogP contribution >= 0.6 is 0 Å². The van der Waals surface area contributed by atoms with E-state index < -0.39 is 5.60 Å². The van der Waals surface area contributed by atoms with Gasteiger partial charge in [-0.3, -0.25) is 4.90 Å². The van der Waals surface area contributed by atoms with Crippen LogP contribution in [0.3, 0.4) is 0 Å². The summed E-state index contributed by atoms with van der Waals surface area (Å²) in [7, 11) is 0. The Hall–Kier alpha value is -0.860. The van der Waals surface area contributed by atoms with Crippen LogP contribution in [0.2, 0.25) is 0 Å². The molecule has 2 saturated heterocycles. The highest BCUT2D eigenvalue weighted by Gasteiger charge is 2.47. The lowest BCUT2D eigenvalue weighted by Gasteiger charge is -2.45. The molecule has 2 heteroatoms. The number of rotatable bonds is 6. The maximum Gasteiger partial charge on any atom is 0.0680 e. The third kappa shape index (κ3) is 3.38. The summed E-state index contributed by atoms with van der Waals surface area (Å²) in [5, 5.41) is 11.1. The summed E-state index contributed by atoms with van der Waals surface area (Å²) in [5.74, 6) is 0.685. The van der Waals surface area contributed by atoms with E-state index in [0.29, 0.717) is 18.0 Å². The molecule has 0 aromatic heterocycles. The first-order chi connectivity index (χ1) is 10.6. The number of benzene rings is 1. The predicted molar refractivity (Wildman–Crippen MR) is 91.7 cm³/mol. The van der Waals surface area contributed by atoms with Crippen LogP contribution in [0.15, 0.2) is 30.3 Å². The minimum absolute atomic E-state index is 0.407. The average Bonchev–Trinajstić information content (AvgIpc) is 2.78. The van der Waals surface area contributed by atoms with Crippen LogP contribution in [0, 0.1) is 5.92 Å². The van der Waals surface area contributed by atoms with E-state index in [1.807, 2.05) is 0 Å². The van der Waals surface area contributed by atoms with Gasteiger partial charge >= 0.3 is 0 Å². The van der Waals surface area contributed by atoms with Crippen LogP contribution < -0.4 is 0 Å². The van der Waals surface area contributed by atoms with Crippen molar-refractivity contribution in [3.8, 4) is 0 Å². The van der Waals surface area contributed by atoms with Crippen molar-refractivity contribution in [1.29, 1.82) is 0 Å². The van der Waals surface area contributed by atoms with Gasteiger partial charge in [0.2, 0.25) is 0 Å². The third-order valence-electron chi connectivity index (χ3n) is 6.03. The third-order valence-corrected chi connectivity index (χ3v) is 6.03. The van der Waals surface area contributed by atoms with Crippen LogP contribution in [0.25, 0.3) is 0 Å². The fraction of sp³-hybridized carbons (Fsp3) is 0.700. The topological polar surface area (TPSA) is 23.5 Å². The lowest BCUT2D eigenvalue weighted by atomic mass is 9.78. The SMILES string of the molecule is CCC(CC)CC1(O)CC2CCC(C1)N2Cc1ccccc1. The van der Waals surface area contributed by atoms with Gasteiger partial charge < -0.3 is 5.11 Å². The van der Waals surface area contributed by atoms with E-state index >= 15 is 0 Å². The zero-order valence-electron chi connectivity index (χ0n) is 14.2. The second-order valence-corrected chi connectivity index (χ2v) is 7.56. The molecule has 2 nitrogen and oxygen atoms in total. The van der Waals surface area contributed by atoms with Crippen molar-refractivity contribution in [2.45, 2.75) is 83.0 Å². The zero-order valence-corrected chi connectivity index (χ0v) is 14.2. The highest BCUT2D eigenvalue weighted by Crippen LogP contribution is 2.44. The molecule has 2 unspecified atom stereocenters. The van der Waals surface area contributed by atoms with Gasteiger partial charge in [-0.05, 0) is 43.6 Å². The summed E-state index contributed by atoms with van der Waals surface area (Å²) >= 11 is 0. The van der Waals surface area contributed by atoms with Gasteiger partial charge in [0.05, 0.1) is 5.60 Å². The van der Waals surface area contributed by atoms with Gasteiger partial charge in [0.15, 0.2) is 0 Å². The average molecular weight is 301 g/mol. The fourth-order valence-electron chi connectivity index (χ4n) is 4.75. The van der Waals surface area contributed by atoms with Crippen molar-refractivity contribution in [1.82, 2.24) is 4.90 Å². The monoisotopic (exact) mass is 301 g/mol. The second kappa shape index (κ2) is 6.72. The quantitative estimate of drug-likeness (QED) is 0.843. The molecule has 0 aliphatic carbocycles. The van der Waals surface area contributed by atoms with Gasteiger partial charge in [-0.15, -0.1) is 0 Å². The Kier molecular flexibility index (Phi) is 4.89. The lowest BCUT2D eigenvalue weighted by molar-refractivity contribution is -0.0695. The molecule has 2 aliphatic rings. The minimum Gasteiger partial charge on any atom is -0.390 e. The van der Waals surface area contributed by atoms with Crippen molar-refractivity contribution in [3.63, 3.8) is 0 Å². The Morgan fingerprint density at radius 3 is 2.23 bits per heavy atom. The van der Waals surface area contributed by atoms with Crippen molar-refractivity contribution in [2.24, 2.45) is 5.92 Å². The first-order valence-electron chi connectivity index (χ1n) is 9.15. The van der Waals surface area contributed by atoms with Crippen LogP contribution in [0.4, 0.5) is 0 Å². The standard InChI is InChI=1S/C20H31NO/c1-3-16(4-2)12-20(22)13-18-10-11-19(14-20)21(18)15-17-8-6-5-7-9-17/h5-9,16,18-19,22H,3-4,10-15H2,1-2H3. The molecule has 22 heavy (non-hydrogen) atoms. The second-order valence-electron chi connectivity index (χ2n) is 7.56.